The van der Waals surface area contributed by atoms with Gasteiger partial charge in [0.05, 0.1) is 47.9 Å². The van der Waals surface area contributed by atoms with Crippen molar-refractivity contribution in [3.8, 4) is 11.5 Å². The Balaban J connectivity index is 2.18. The van der Waals surface area contributed by atoms with Crippen LogP contribution in [0.1, 0.15) is 24.7 Å². The van der Waals surface area contributed by atoms with E-state index in [9.17, 15) is 14.9 Å². The highest BCUT2D eigenvalue weighted by molar-refractivity contribution is 5.87. The standard InChI is InChI=1S/C20H20N4O5/c1-4-7-19-22-15-9-6-5-8-14(15)20(25)23(19)21-12-13-10-17(28-2)18(29-3)11-16(13)24(26)27/h5-6,8-12H,4,7H2,1-3H3. The number of hydrogen-bond acceptors (Lipinski definition) is 7. The number of hydrogen-bond donors (Lipinski definition) is 0. The molecule has 0 N–H and O–H groups in total. The van der Waals surface area contributed by atoms with Crippen molar-refractivity contribution in [2.75, 3.05) is 14.2 Å². The molecular formula is C20H20N4O5. The number of methoxy groups -OCH3 is 2. The first-order valence-electron chi connectivity index (χ1n) is 8.95. The quantitative estimate of drug-likeness (QED) is 0.345. The van der Waals surface area contributed by atoms with Crippen molar-refractivity contribution >= 4 is 22.8 Å². The summed E-state index contributed by atoms with van der Waals surface area (Å²) < 4.78 is 11.5. The van der Waals surface area contributed by atoms with Gasteiger partial charge >= 0.3 is 0 Å². The maximum atomic E-state index is 12.9. The Morgan fingerprint density at radius 1 is 1.21 bits per heavy atom. The van der Waals surface area contributed by atoms with Crippen LogP contribution in [0.15, 0.2) is 46.3 Å². The van der Waals surface area contributed by atoms with Crippen molar-refractivity contribution < 1.29 is 14.4 Å². The normalized spacial score (nSPS) is 11.1. The molecule has 3 aromatic rings. The van der Waals surface area contributed by atoms with Gasteiger partial charge in [-0.3, -0.25) is 14.9 Å². The molecule has 0 saturated carbocycles. The summed E-state index contributed by atoms with van der Waals surface area (Å²) >= 11 is 0. The van der Waals surface area contributed by atoms with Gasteiger partial charge in [0, 0.05) is 6.42 Å². The SMILES string of the molecule is CCCc1nc2ccccc2c(=O)n1N=Cc1cc(OC)c(OC)cc1[N+](=O)[O-]. The van der Waals surface area contributed by atoms with Gasteiger partial charge in [0.1, 0.15) is 5.82 Å². The summed E-state index contributed by atoms with van der Waals surface area (Å²) in [5.74, 6) is 1.03. The maximum Gasteiger partial charge on any atom is 0.282 e. The van der Waals surface area contributed by atoms with Gasteiger partial charge in [-0.15, -0.1) is 0 Å². The van der Waals surface area contributed by atoms with E-state index >= 15 is 0 Å². The Morgan fingerprint density at radius 2 is 1.90 bits per heavy atom. The molecule has 0 atom stereocenters. The van der Waals surface area contributed by atoms with Gasteiger partial charge in [0.25, 0.3) is 11.2 Å². The van der Waals surface area contributed by atoms with Crippen molar-refractivity contribution in [1.82, 2.24) is 9.66 Å². The second kappa shape index (κ2) is 8.51. The van der Waals surface area contributed by atoms with Crippen LogP contribution in [-0.4, -0.2) is 35.0 Å². The van der Waals surface area contributed by atoms with Gasteiger partial charge in [0.15, 0.2) is 11.5 Å². The van der Waals surface area contributed by atoms with Crippen LogP contribution in [0.3, 0.4) is 0 Å². The van der Waals surface area contributed by atoms with Crippen LogP contribution in [0.5, 0.6) is 11.5 Å². The second-order valence-corrected chi connectivity index (χ2v) is 6.18. The smallest absolute Gasteiger partial charge is 0.282 e. The lowest BCUT2D eigenvalue weighted by Gasteiger charge is -2.10. The highest BCUT2D eigenvalue weighted by atomic mass is 16.6. The molecule has 3 rings (SSSR count). The highest BCUT2D eigenvalue weighted by Crippen LogP contribution is 2.33. The Kier molecular flexibility index (Phi) is 5.87. The first-order chi connectivity index (χ1) is 14.0. The van der Waals surface area contributed by atoms with Crippen molar-refractivity contribution in [1.29, 1.82) is 0 Å². The molecule has 0 spiro atoms. The molecule has 1 aromatic heterocycles. The van der Waals surface area contributed by atoms with Gasteiger partial charge in [-0.1, -0.05) is 19.1 Å². The summed E-state index contributed by atoms with van der Waals surface area (Å²) in [6.07, 6.45) is 2.55. The average molecular weight is 396 g/mol. The monoisotopic (exact) mass is 396 g/mol. The molecule has 150 valence electrons. The van der Waals surface area contributed by atoms with Gasteiger partial charge in [0.2, 0.25) is 0 Å². The summed E-state index contributed by atoms with van der Waals surface area (Å²) in [6, 6.07) is 9.70. The molecule has 1 heterocycles. The van der Waals surface area contributed by atoms with E-state index in [-0.39, 0.29) is 22.6 Å². The second-order valence-electron chi connectivity index (χ2n) is 6.18. The molecule has 29 heavy (non-hydrogen) atoms. The molecule has 2 aromatic carbocycles. The molecule has 9 nitrogen and oxygen atoms in total. The minimum absolute atomic E-state index is 0.176. The van der Waals surface area contributed by atoms with E-state index in [1.54, 1.807) is 18.2 Å². The third-order valence-electron chi connectivity index (χ3n) is 4.34. The van der Waals surface area contributed by atoms with Crippen LogP contribution in [-0.2, 0) is 6.42 Å². The van der Waals surface area contributed by atoms with E-state index in [0.717, 1.165) is 6.42 Å². The molecule has 0 fully saturated rings. The van der Waals surface area contributed by atoms with E-state index in [1.807, 2.05) is 13.0 Å². The van der Waals surface area contributed by atoms with Gasteiger partial charge in [-0.2, -0.15) is 9.78 Å². The number of aryl methyl sites for hydroxylation is 1. The number of nitrogens with zero attached hydrogens (tertiary/aromatic N) is 4. The molecule has 0 bridgehead atoms. The number of benzene rings is 2. The molecule has 0 aliphatic carbocycles. The summed E-state index contributed by atoms with van der Waals surface area (Å²) in [4.78, 5) is 28.4. The van der Waals surface area contributed by atoms with Gasteiger partial charge in [-0.25, -0.2) is 4.98 Å². The minimum Gasteiger partial charge on any atom is -0.493 e. The number of rotatable bonds is 7. The van der Waals surface area contributed by atoms with Crippen LogP contribution >= 0.6 is 0 Å². The number of fused-ring (bicyclic) bond motifs is 1. The number of para-hydroxylation sites is 1. The molecule has 0 saturated heterocycles. The van der Waals surface area contributed by atoms with E-state index in [1.165, 1.54) is 37.2 Å². The topological polar surface area (TPSA) is 109 Å². The van der Waals surface area contributed by atoms with E-state index in [2.05, 4.69) is 10.1 Å². The summed E-state index contributed by atoms with van der Waals surface area (Å²) in [5, 5.41) is 16.1. The van der Waals surface area contributed by atoms with Crippen LogP contribution in [0, 0.1) is 10.1 Å². The van der Waals surface area contributed by atoms with E-state index in [4.69, 9.17) is 9.47 Å². The fourth-order valence-electron chi connectivity index (χ4n) is 2.94. The van der Waals surface area contributed by atoms with E-state index < -0.39 is 4.92 Å². The zero-order valence-corrected chi connectivity index (χ0v) is 16.3. The first-order valence-corrected chi connectivity index (χ1v) is 8.95. The Hall–Kier alpha value is -3.75. The van der Waals surface area contributed by atoms with Crippen molar-refractivity contribution in [3.05, 3.63) is 68.3 Å². The largest absolute Gasteiger partial charge is 0.493 e. The lowest BCUT2D eigenvalue weighted by Crippen LogP contribution is -2.22. The number of ether oxygens (including phenoxy) is 2. The molecule has 0 unspecified atom stereocenters. The number of aromatic nitrogens is 2. The Bertz CT molecular complexity index is 1150. The van der Waals surface area contributed by atoms with Crippen LogP contribution in [0.2, 0.25) is 0 Å². The zero-order chi connectivity index (χ0) is 21.0. The summed E-state index contributed by atoms with van der Waals surface area (Å²) in [6.45, 7) is 1.97. The maximum absolute atomic E-state index is 12.9. The lowest BCUT2D eigenvalue weighted by atomic mass is 10.1. The van der Waals surface area contributed by atoms with Crippen molar-refractivity contribution in [2.24, 2.45) is 5.10 Å². The molecular weight excluding hydrogens is 376 g/mol. The summed E-state index contributed by atoms with van der Waals surface area (Å²) in [7, 11) is 2.83. The van der Waals surface area contributed by atoms with Crippen molar-refractivity contribution in [3.63, 3.8) is 0 Å². The molecule has 0 radical (unpaired) electrons. The molecule has 9 heteroatoms. The van der Waals surface area contributed by atoms with Crippen LogP contribution < -0.4 is 15.0 Å². The van der Waals surface area contributed by atoms with Gasteiger partial charge in [-0.05, 0) is 24.6 Å². The van der Waals surface area contributed by atoms with Crippen molar-refractivity contribution in [2.45, 2.75) is 19.8 Å². The highest BCUT2D eigenvalue weighted by Gasteiger charge is 2.19. The number of nitro groups is 1. The third kappa shape index (κ3) is 3.93. The zero-order valence-electron chi connectivity index (χ0n) is 16.3. The lowest BCUT2D eigenvalue weighted by molar-refractivity contribution is -0.385. The fraction of sp³-hybridized carbons (Fsp3) is 0.250. The molecule has 0 aliphatic rings. The van der Waals surface area contributed by atoms with Gasteiger partial charge < -0.3 is 9.47 Å². The predicted molar refractivity (Wildman–Crippen MR) is 109 cm³/mol. The fourth-order valence-corrected chi connectivity index (χ4v) is 2.94. The third-order valence-corrected chi connectivity index (χ3v) is 4.34. The van der Waals surface area contributed by atoms with E-state index in [0.29, 0.717) is 28.9 Å². The summed E-state index contributed by atoms with van der Waals surface area (Å²) in [5.41, 5.74) is 0.211. The predicted octanol–water partition coefficient (Wildman–Crippen LogP) is 3.16. The minimum atomic E-state index is -0.544. The molecule has 0 amide bonds. The number of nitro benzene ring substituents is 1. The van der Waals surface area contributed by atoms with Crippen LogP contribution in [0.25, 0.3) is 10.9 Å². The molecule has 0 aliphatic heterocycles. The van der Waals surface area contributed by atoms with Crippen LogP contribution in [0.4, 0.5) is 5.69 Å². The first kappa shape index (κ1) is 20.0. The Morgan fingerprint density at radius 3 is 2.55 bits per heavy atom. The Labute approximate surface area is 166 Å². The average Bonchev–Trinajstić information content (AvgIpc) is 2.73.